The monoisotopic (exact) mass is 837 g/mol. The van der Waals surface area contributed by atoms with E-state index in [2.05, 4.69) is 11.9 Å². The SMILES string of the molecule is C=C(O)[C@@H]1Cc2ccc(OCCN)c(c2)-c2cc(ccc2OCCN)[C@H](N(C)C(=O)[C@H](CCCCN)CC(=O)c2ccc(-c3ccc(Cl)cc3)cc2)C(=O)C[C@@H](C)C(=O)N1. The molecule has 4 bridgehead atoms. The first-order valence-electron chi connectivity index (χ1n) is 20.3. The fourth-order valence-electron chi connectivity index (χ4n) is 7.46. The van der Waals surface area contributed by atoms with Crippen LogP contribution >= 0.6 is 11.6 Å². The molecular weight excluding hydrogens is 782 g/mol. The van der Waals surface area contributed by atoms with Crippen molar-refractivity contribution >= 4 is 35.0 Å². The number of nitrogens with one attached hydrogen (secondary N) is 1. The van der Waals surface area contributed by atoms with Crippen LogP contribution < -0.4 is 32.0 Å². The van der Waals surface area contributed by atoms with E-state index in [9.17, 15) is 24.3 Å². The number of aliphatic hydroxyl groups is 1. The topological polar surface area (TPSA) is 200 Å². The summed E-state index contributed by atoms with van der Waals surface area (Å²) in [5, 5.41) is 14.1. The molecule has 4 aromatic carbocycles. The number of benzene rings is 4. The predicted octanol–water partition coefficient (Wildman–Crippen LogP) is 6.57. The number of aliphatic hydroxyl groups excluding tert-OH is 1. The van der Waals surface area contributed by atoms with Gasteiger partial charge in [-0.2, -0.15) is 0 Å². The highest BCUT2D eigenvalue weighted by Crippen LogP contribution is 2.41. The van der Waals surface area contributed by atoms with Crippen LogP contribution in [0.15, 0.2) is 97.3 Å². The molecule has 2 amide bonds. The van der Waals surface area contributed by atoms with Crippen molar-refractivity contribution in [2.75, 3.05) is 39.9 Å². The number of carbonyl (C=O) groups is 4. The highest BCUT2D eigenvalue weighted by molar-refractivity contribution is 6.30. The average Bonchev–Trinajstić information content (AvgIpc) is 3.24. The number of likely N-dealkylation sites (N-methyl/N-ethyl adjacent to an activating group) is 1. The molecule has 0 aliphatic carbocycles. The van der Waals surface area contributed by atoms with Crippen LogP contribution in [0.4, 0.5) is 0 Å². The summed E-state index contributed by atoms with van der Waals surface area (Å²) < 4.78 is 12.2. The van der Waals surface area contributed by atoms with Gasteiger partial charge in [0.15, 0.2) is 11.6 Å². The molecule has 0 saturated heterocycles. The summed E-state index contributed by atoms with van der Waals surface area (Å²) in [4.78, 5) is 58.3. The van der Waals surface area contributed by atoms with E-state index in [1.807, 2.05) is 36.4 Å². The van der Waals surface area contributed by atoms with Crippen molar-refractivity contribution in [3.63, 3.8) is 0 Å². The van der Waals surface area contributed by atoms with Gasteiger partial charge in [-0.1, -0.05) is 80.1 Å². The maximum Gasteiger partial charge on any atom is 0.226 e. The van der Waals surface area contributed by atoms with E-state index in [1.165, 1.54) is 4.90 Å². The number of Topliss-reactive ketones (excluding diaryl/α,β-unsaturated/α-hetero) is 2. The number of halogens is 1. The van der Waals surface area contributed by atoms with Crippen LogP contribution in [0.25, 0.3) is 22.3 Å². The fraction of sp³-hybridized carbons (Fsp3) is 0.362. The van der Waals surface area contributed by atoms with Crippen LogP contribution in [0.5, 0.6) is 11.5 Å². The standard InChI is InChI=1S/C47H56ClN5O7/c1-29-24-42(56)45(53(3)47(58)36(6-4-5-19-49)28-41(55)34-10-8-32(9-11-34)33-12-15-37(48)16-13-33)35-14-18-44(60-23-21-51)39(27-35)38-25-31(7-17-43(38)59-22-20-50)26-40(30(2)54)52-46(29)57/h7-18,25,27,29,36,40,45,54H,2,4-6,19-24,26,28,49-51H2,1,3H3,(H,52,57)/t29-,36-,40+,45+/m1/s1. The van der Waals surface area contributed by atoms with Gasteiger partial charge in [0.25, 0.3) is 0 Å². The van der Waals surface area contributed by atoms with E-state index < -0.39 is 41.5 Å². The number of unbranched alkanes of at least 4 members (excludes halogenated alkanes) is 1. The number of amides is 2. The lowest BCUT2D eigenvalue weighted by molar-refractivity contribution is -0.142. The third-order valence-corrected chi connectivity index (χ3v) is 11.0. The first-order valence-corrected chi connectivity index (χ1v) is 20.7. The number of carbonyl (C=O) groups excluding carboxylic acids is 4. The Morgan fingerprint density at radius 3 is 2.05 bits per heavy atom. The van der Waals surface area contributed by atoms with Gasteiger partial charge in [0, 0.05) is 66.5 Å². The molecule has 318 valence electrons. The summed E-state index contributed by atoms with van der Waals surface area (Å²) in [7, 11) is 1.56. The first-order chi connectivity index (χ1) is 28.8. The molecule has 5 rings (SSSR count). The van der Waals surface area contributed by atoms with E-state index in [0.717, 1.165) is 16.7 Å². The molecule has 0 radical (unpaired) electrons. The Kier molecular flexibility index (Phi) is 16.4. The minimum atomic E-state index is -1.16. The molecule has 1 aliphatic rings. The minimum Gasteiger partial charge on any atom is -0.511 e. The van der Waals surface area contributed by atoms with Crippen molar-refractivity contribution in [1.82, 2.24) is 10.2 Å². The molecule has 0 spiro atoms. The Bertz CT molecular complexity index is 2140. The van der Waals surface area contributed by atoms with Crippen LogP contribution in [-0.2, 0) is 20.8 Å². The zero-order valence-electron chi connectivity index (χ0n) is 34.3. The Hall–Kier alpha value is -5.53. The average molecular weight is 838 g/mol. The number of fused-ring (bicyclic) bond motifs is 5. The van der Waals surface area contributed by atoms with E-state index >= 15 is 0 Å². The normalized spacial score (nSPS) is 17.2. The zero-order chi connectivity index (χ0) is 43.3. The number of ketones is 2. The third-order valence-electron chi connectivity index (χ3n) is 10.7. The molecule has 1 heterocycles. The lowest BCUT2D eigenvalue weighted by Gasteiger charge is -2.32. The number of rotatable bonds is 17. The van der Waals surface area contributed by atoms with E-state index in [0.29, 0.717) is 64.6 Å². The van der Waals surface area contributed by atoms with Gasteiger partial charge in [-0.15, -0.1) is 0 Å². The molecular formula is C47H56ClN5O7. The van der Waals surface area contributed by atoms with Crippen molar-refractivity contribution in [3.05, 3.63) is 119 Å². The molecule has 0 aromatic heterocycles. The lowest BCUT2D eigenvalue weighted by atomic mass is 9.88. The van der Waals surface area contributed by atoms with Crippen LogP contribution in [0.3, 0.4) is 0 Å². The van der Waals surface area contributed by atoms with Gasteiger partial charge in [-0.3, -0.25) is 19.2 Å². The second kappa shape index (κ2) is 21.6. The number of nitrogens with zero attached hydrogens (tertiary/aromatic N) is 1. The maximum atomic E-state index is 14.8. The van der Waals surface area contributed by atoms with E-state index in [4.69, 9.17) is 38.3 Å². The quantitative estimate of drug-likeness (QED) is 0.0440. The molecule has 0 saturated carbocycles. The van der Waals surface area contributed by atoms with Crippen molar-refractivity contribution in [2.24, 2.45) is 29.0 Å². The molecule has 4 aromatic rings. The number of ether oxygens (including phenoxy) is 2. The maximum absolute atomic E-state index is 14.8. The summed E-state index contributed by atoms with van der Waals surface area (Å²) >= 11 is 6.07. The predicted molar refractivity (Wildman–Crippen MR) is 235 cm³/mol. The molecule has 1 aliphatic heterocycles. The van der Waals surface area contributed by atoms with E-state index in [1.54, 1.807) is 62.5 Å². The summed E-state index contributed by atoms with van der Waals surface area (Å²) in [6.07, 6.45) is 1.48. The van der Waals surface area contributed by atoms with Crippen LogP contribution in [0.2, 0.25) is 5.02 Å². The molecule has 0 fully saturated rings. The Morgan fingerprint density at radius 2 is 1.45 bits per heavy atom. The van der Waals surface area contributed by atoms with E-state index in [-0.39, 0.29) is 57.1 Å². The molecule has 60 heavy (non-hydrogen) atoms. The van der Waals surface area contributed by atoms with Crippen LogP contribution in [-0.4, -0.2) is 79.3 Å². The van der Waals surface area contributed by atoms with Crippen molar-refractivity contribution in [2.45, 2.75) is 57.5 Å². The summed E-state index contributed by atoms with van der Waals surface area (Å²) in [6.45, 7) is 6.65. The number of hydrogen-bond donors (Lipinski definition) is 5. The van der Waals surface area contributed by atoms with Gasteiger partial charge in [0.05, 0.1) is 6.04 Å². The Morgan fingerprint density at radius 1 is 0.850 bits per heavy atom. The van der Waals surface area contributed by atoms with Crippen LogP contribution in [0, 0.1) is 11.8 Å². The summed E-state index contributed by atoms with van der Waals surface area (Å²) in [6, 6.07) is 23.3. The van der Waals surface area contributed by atoms with Gasteiger partial charge in [-0.05, 0) is 84.5 Å². The summed E-state index contributed by atoms with van der Waals surface area (Å²) in [5.41, 5.74) is 22.2. The third kappa shape index (κ3) is 11.6. The van der Waals surface area contributed by atoms with Crippen LogP contribution in [0.1, 0.15) is 66.6 Å². The minimum absolute atomic E-state index is 0.0913. The Labute approximate surface area is 357 Å². The molecule has 4 atom stereocenters. The highest BCUT2D eigenvalue weighted by Gasteiger charge is 2.36. The fourth-order valence-corrected chi connectivity index (χ4v) is 7.59. The van der Waals surface area contributed by atoms with Gasteiger partial charge < -0.3 is 42.0 Å². The van der Waals surface area contributed by atoms with Gasteiger partial charge in [-0.25, -0.2) is 0 Å². The number of hydrogen-bond acceptors (Lipinski definition) is 10. The van der Waals surface area contributed by atoms with Crippen molar-refractivity contribution in [1.29, 1.82) is 0 Å². The van der Waals surface area contributed by atoms with Crippen molar-refractivity contribution in [3.8, 4) is 33.8 Å². The van der Waals surface area contributed by atoms with Crippen molar-refractivity contribution < 1.29 is 33.8 Å². The summed E-state index contributed by atoms with van der Waals surface area (Å²) in [5.74, 6) is -2.39. The molecule has 13 heteroatoms. The zero-order valence-corrected chi connectivity index (χ0v) is 35.1. The molecule has 0 unspecified atom stereocenters. The Balaban J connectivity index is 1.57. The highest BCUT2D eigenvalue weighted by atomic mass is 35.5. The second-order valence-corrected chi connectivity index (χ2v) is 15.7. The smallest absolute Gasteiger partial charge is 0.226 e. The van der Waals surface area contributed by atoms with Gasteiger partial charge in [0.2, 0.25) is 11.8 Å². The largest absolute Gasteiger partial charge is 0.511 e. The molecule has 12 nitrogen and oxygen atoms in total. The number of nitrogens with two attached hydrogens (primary N) is 3. The lowest BCUT2D eigenvalue weighted by Crippen LogP contribution is -2.43. The molecule has 8 N–H and O–H groups in total. The second-order valence-electron chi connectivity index (χ2n) is 15.2. The van der Waals surface area contributed by atoms with Gasteiger partial charge >= 0.3 is 0 Å². The first kappa shape index (κ1) is 45.6. The van der Waals surface area contributed by atoms with Gasteiger partial charge in [0.1, 0.15) is 36.5 Å².